The van der Waals surface area contributed by atoms with Crippen LogP contribution in [-0.4, -0.2) is 61.0 Å². The lowest BCUT2D eigenvalue weighted by atomic mass is 9.89. The molecule has 1 aromatic rings. The largest absolute Gasteiger partial charge is 0.340 e. The number of hydrogen-bond acceptors (Lipinski definition) is 3. The van der Waals surface area contributed by atoms with E-state index in [0.29, 0.717) is 5.91 Å². The van der Waals surface area contributed by atoms with Crippen LogP contribution < -0.4 is 5.32 Å². The van der Waals surface area contributed by atoms with E-state index in [1.807, 2.05) is 0 Å². The quantitative estimate of drug-likeness (QED) is 0.841. The van der Waals surface area contributed by atoms with E-state index in [-0.39, 0.29) is 30.9 Å². The van der Waals surface area contributed by atoms with E-state index < -0.39 is 0 Å². The molecule has 4 nitrogen and oxygen atoms in total. The Kier molecular flexibility index (Phi) is 10.6. The summed E-state index contributed by atoms with van der Waals surface area (Å²) in [6.45, 7) is 7.92. The second kappa shape index (κ2) is 11.8. The third-order valence-corrected chi connectivity index (χ3v) is 5.57. The molecule has 0 radical (unpaired) electrons. The lowest BCUT2D eigenvalue weighted by molar-refractivity contribution is -0.136. The summed E-state index contributed by atoms with van der Waals surface area (Å²) in [4.78, 5) is 17.2. The van der Waals surface area contributed by atoms with E-state index in [1.54, 1.807) is 0 Å². The van der Waals surface area contributed by atoms with Crippen LogP contribution in [0.3, 0.4) is 0 Å². The van der Waals surface area contributed by atoms with E-state index in [2.05, 4.69) is 52.4 Å². The Morgan fingerprint density at radius 2 is 1.77 bits per heavy atom. The number of likely N-dealkylation sites (tertiary alicyclic amines) is 1. The zero-order valence-electron chi connectivity index (χ0n) is 15.7. The summed E-state index contributed by atoms with van der Waals surface area (Å²) < 4.78 is 0. The van der Waals surface area contributed by atoms with Crippen molar-refractivity contribution in [2.24, 2.45) is 5.92 Å². The highest BCUT2D eigenvalue weighted by atomic mass is 35.5. The Morgan fingerprint density at radius 3 is 2.46 bits per heavy atom. The molecule has 0 aromatic heterocycles. The molecule has 1 aromatic carbocycles. The number of carbonyl (C=O) groups is 1. The van der Waals surface area contributed by atoms with Crippen LogP contribution in [0.25, 0.3) is 0 Å². The van der Waals surface area contributed by atoms with Crippen molar-refractivity contribution in [1.29, 1.82) is 0 Å². The van der Waals surface area contributed by atoms with Crippen molar-refractivity contribution in [3.8, 4) is 0 Å². The molecule has 2 saturated heterocycles. The van der Waals surface area contributed by atoms with E-state index in [4.69, 9.17) is 0 Å². The van der Waals surface area contributed by atoms with Gasteiger partial charge in [-0.25, -0.2) is 0 Å². The number of rotatable bonds is 4. The fraction of sp³-hybridized carbons (Fsp3) is 0.650. The highest BCUT2D eigenvalue weighted by Crippen LogP contribution is 2.23. The summed E-state index contributed by atoms with van der Waals surface area (Å²) in [5, 5.41) is 3.37. The van der Waals surface area contributed by atoms with Crippen LogP contribution in [0.4, 0.5) is 0 Å². The third kappa shape index (κ3) is 6.41. The molecule has 26 heavy (non-hydrogen) atoms. The molecule has 0 aliphatic carbocycles. The first-order chi connectivity index (χ1) is 11.7. The number of carbonyl (C=O) groups excluding carboxylic acids is 1. The molecule has 1 atom stereocenters. The fourth-order valence-electron chi connectivity index (χ4n) is 3.98. The monoisotopic (exact) mass is 401 g/mol. The first kappa shape index (κ1) is 23.2. The molecule has 0 spiro atoms. The zero-order chi connectivity index (χ0) is 16.8. The van der Waals surface area contributed by atoms with Crippen LogP contribution in [0.15, 0.2) is 30.3 Å². The maximum atomic E-state index is 12.8. The topological polar surface area (TPSA) is 35.6 Å². The van der Waals surface area contributed by atoms with Crippen LogP contribution >= 0.6 is 24.8 Å². The smallest absolute Gasteiger partial charge is 0.239 e. The molecule has 1 unspecified atom stereocenters. The first-order valence-corrected chi connectivity index (χ1v) is 9.51. The van der Waals surface area contributed by atoms with E-state index in [1.165, 1.54) is 24.8 Å². The normalized spacial score (nSPS) is 20.4. The minimum Gasteiger partial charge on any atom is -0.340 e. The average Bonchev–Trinajstić information content (AvgIpc) is 2.91. The Balaban J connectivity index is 0.00000169. The second-order valence-electron chi connectivity index (χ2n) is 7.27. The fourth-order valence-corrected chi connectivity index (χ4v) is 3.98. The molecule has 1 amide bonds. The molecule has 6 heteroatoms. The molecule has 148 valence electrons. The average molecular weight is 402 g/mol. The molecular formula is C20H33Cl2N3O. The summed E-state index contributed by atoms with van der Waals surface area (Å²) >= 11 is 0. The van der Waals surface area contributed by atoms with Gasteiger partial charge in [-0.05, 0) is 63.7 Å². The molecule has 0 saturated carbocycles. The molecule has 3 rings (SSSR count). The lowest BCUT2D eigenvalue weighted by Gasteiger charge is -2.37. The first-order valence-electron chi connectivity index (χ1n) is 9.51. The molecule has 1 N–H and O–H groups in total. The van der Waals surface area contributed by atoms with Gasteiger partial charge in [-0.15, -0.1) is 24.8 Å². The van der Waals surface area contributed by atoms with Gasteiger partial charge in [0.2, 0.25) is 5.91 Å². The van der Waals surface area contributed by atoms with Gasteiger partial charge >= 0.3 is 0 Å². The van der Waals surface area contributed by atoms with Crippen LogP contribution in [0, 0.1) is 5.92 Å². The Morgan fingerprint density at radius 1 is 1.08 bits per heavy atom. The number of benzene rings is 1. The van der Waals surface area contributed by atoms with Crippen LogP contribution in [0.1, 0.15) is 31.7 Å². The van der Waals surface area contributed by atoms with Gasteiger partial charge in [0.25, 0.3) is 0 Å². The van der Waals surface area contributed by atoms with Crippen molar-refractivity contribution in [2.75, 3.05) is 39.3 Å². The third-order valence-electron chi connectivity index (χ3n) is 5.57. The Labute approximate surface area is 170 Å². The Bertz CT molecular complexity index is 513. The minimum atomic E-state index is 0. The van der Waals surface area contributed by atoms with Gasteiger partial charge < -0.3 is 10.2 Å². The van der Waals surface area contributed by atoms with Crippen LogP contribution in [0.2, 0.25) is 0 Å². The summed E-state index contributed by atoms with van der Waals surface area (Å²) in [7, 11) is 0. The van der Waals surface area contributed by atoms with Crippen LogP contribution in [0.5, 0.6) is 0 Å². The predicted molar refractivity (Wildman–Crippen MR) is 112 cm³/mol. The van der Waals surface area contributed by atoms with Gasteiger partial charge in [-0.2, -0.15) is 0 Å². The molecule has 2 heterocycles. The predicted octanol–water partition coefficient (Wildman–Crippen LogP) is 3.00. The number of piperidine rings is 1. The van der Waals surface area contributed by atoms with Crippen molar-refractivity contribution in [3.63, 3.8) is 0 Å². The standard InChI is InChI=1S/C20H31N3O.2ClH/c1-17(20(24)23-12-5-10-21-11-15-23)22-13-8-19(9-14-22)16-18-6-3-2-4-7-18;;/h2-4,6-7,17,19,21H,5,8-16H2,1H3;2*1H. The van der Waals surface area contributed by atoms with Crippen molar-refractivity contribution < 1.29 is 4.79 Å². The minimum absolute atomic E-state index is 0. The SMILES string of the molecule is CC(C(=O)N1CCCNCC1)N1CCC(Cc2ccccc2)CC1.Cl.Cl. The van der Waals surface area contributed by atoms with Crippen molar-refractivity contribution in [1.82, 2.24) is 15.1 Å². The number of halogens is 2. The number of amides is 1. The number of nitrogens with one attached hydrogen (secondary N) is 1. The molecule has 2 aliphatic rings. The van der Waals surface area contributed by atoms with Gasteiger partial charge in [-0.3, -0.25) is 9.69 Å². The summed E-state index contributed by atoms with van der Waals surface area (Å²) in [5.74, 6) is 1.08. The maximum Gasteiger partial charge on any atom is 0.239 e. The maximum absolute atomic E-state index is 12.8. The second-order valence-corrected chi connectivity index (χ2v) is 7.27. The van der Waals surface area contributed by atoms with Crippen molar-refractivity contribution in [3.05, 3.63) is 35.9 Å². The van der Waals surface area contributed by atoms with Gasteiger partial charge in [0.1, 0.15) is 0 Å². The van der Waals surface area contributed by atoms with Gasteiger partial charge in [0.15, 0.2) is 0 Å². The number of nitrogens with zero attached hydrogens (tertiary/aromatic N) is 2. The summed E-state index contributed by atoms with van der Waals surface area (Å²) in [5.41, 5.74) is 1.44. The molecular weight excluding hydrogens is 369 g/mol. The van der Waals surface area contributed by atoms with Gasteiger partial charge in [0, 0.05) is 19.6 Å². The summed E-state index contributed by atoms with van der Waals surface area (Å²) in [6, 6.07) is 10.8. The highest BCUT2D eigenvalue weighted by Gasteiger charge is 2.29. The molecule has 0 bridgehead atoms. The molecule has 2 aliphatic heterocycles. The van der Waals surface area contributed by atoms with E-state index in [9.17, 15) is 4.79 Å². The van der Waals surface area contributed by atoms with E-state index >= 15 is 0 Å². The number of hydrogen-bond donors (Lipinski definition) is 1. The van der Waals surface area contributed by atoms with Gasteiger partial charge in [-0.1, -0.05) is 30.3 Å². The van der Waals surface area contributed by atoms with Gasteiger partial charge in [0.05, 0.1) is 6.04 Å². The molecule has 2 fully saturated rings. The Hall–Kier alpha value is -0.810. The summed E-state index contributed by atoms with van der Waals surface area (Å²) in [6.07, 6.45) is 4.65. The van der Waals surface area contributed by atoms with Crippen LogP contribution in [-0.2, 0) is 11.2 Å². The van der Waals surface area contributed by atoms with E-state index in [0.717, 1.165) is 51.6 Å². The lowest BCUT2D eigenvalue weighted by Crippen LogP contribution is -2.50. The van der Waals surface area contributed by atoms with Crippen molar-refractivity contribution in [2.45, 2.75) is 38.6 Å². The zero-order valence-corrected chi connectivity index (χ0v) is 17.4. The highest BCUT2D eigenvalue weighted by molar-refractivity contribution is 5.85. The van der Waals surface area contributed by atoms with Crippen molar-refractivity contribution >= 4 is 30.7 Å².